The van der Waals surface area contributed by atoms with E-state index in [1.54, 1.807) is 0 Å². The van der Waals surface area contributed by atoms with E-state index in [2.05, 4.69) is 6.58 Å². The summed E-state index contributed by atoms with van der Waals surface area (Å²) in [5.41, 5.74) is 0. The van der Waals surface area contributed by atoms with E-state index < -0.39 is 3.93 Å². The zero-order chi connectivity index (χ0) is 5.21. The lowest BCUT2D eigenvalue weighted by atomic mass is 10.7. The quantitative estimate of drug-likeness (QED) is 0.349. The fourth-order valence-electron chi connectivity index (χ4n) is 0. The van der Waals surface area contributed by atoms with Crippen molar-refractivity contribution in [3.8, 4) is 0 Å². The Balaban J connectivity index is 3.45. The Bertz CT molecular complexity index is 54.3. The number of allylic oxidation sites excluding steroid dienone is 1. The highest BCUT2D eigenvalue weighted by molar-refractivity contribution is 14.1. The van der Waals surface area contributed by atoms with Crippen LogP contribution in [0.15, 0.2) is 12.7 Å². The fraction of sp³-hybridized carbons (Fsp3) is 0.333. The van der Waals surface area contributed by atoms with Crippen LogP contribution in [-0.2, 0) is 0 Å². The Morgan fingerprint density at radius 3 is 1.83 bits per heavy atom. The van der Waals surface area contributed by atoms with Gasteiger partial charge in [-0.2, -0.15) is 8.78 Å². The van der Waals surface area contributed by atoms with Crippen LogP contribution in [0.4, 0.5) is 8.78 Å². The smallest absolute Gasteiger partial charge is 0.190 e. The first-order valence-electron chi connectivity index (χ1n) is 1.26. The fourth-order valence-corrected chi connectivity index (χ4v) is 0. The predicted molar refractivity (Wildman–Crippen MR) is 29.2 cm³/mol. The van der Waals surface area contributed by atoms with Crippen molar-refractivity contribution in [1.29, 1.82) is 0 Å². The van der Waals surface area contributed by atoms with E-state index >= 15 is 0 Å². The zero-order valence-corrected chi connectivity index (χ0v) is 5.08. The van der Waals surface area contributed by atoms with Crippen molar-refractivity contribution in [1.82, 2.24) is 0 Å². The van der Waals surface area contributed by atoms with Gasteiger partial charge in [-0.05, 0) is 6.08 Å². The zero-order valence-electron chi connectivity index (χ0n) is 2.92. The second-order valence-corrected chi connectivity index (χ2v) is 2.18. The maximum absolute atomic E-state index is 11.3. The third kappa shape index (κ3) is 4.33. The minimum atomic E-state index is -2.72. The van der Waals surface area contributed by atoms with E-state index in [1.807, 2.05) is 0 Å². The molecule has 0 aliphatic rings. The molecule has 0 heterocycles. The van der Waals surface area contributed by atoms with E-state index in [1.165, 1.54) is 0 Å². The summed E-state index contributed by atoms with van der Waals surface area (Å²) in [6.07, 6.45) is 0.591. The van der Waals surface area contributed by atoms with Crippen molar-refractivity contribution >= 4 is 22.6 Å². The molecule has 6 heavy (non-hydrogen) atoms. The molecule has 0 aromatic rings. The highest BCUT2D eigenvalue weighted by Crippen LogP contribution is 2.22. The molecule has 0 saturated heterocycles. The molecule has 0 nitrogen and oxygen atoms in total. The van der Waals surface area contributed by atoms with Gasteiger partial charge in [0.2, 0.25) is 0 Å². The Morgan fingerprint density at radius 1 is 1.67 bits per heavy atom. The van der Waals surface area contributed by atoms with Crippen molar-refractivity contribution in [2.24, 2.45) is 0 Å². The molecule has 0 aromatic heterocycles. The molecule has 36 valence electrons. The van der Waals surface area contributed by atoms with Gasteiger partial charge in [-0.25, -0.2) is 0 Å². The topological polar surface area (TPSA) is 0 Å². The molecular weight excluding hydrogens is 201 g/mol. The maximum Gasteiger partial charge on any atom is 0.314 e. The molecule has 0 spiro atoms. The van der Waals surface area contributed by atoms with Crippen LogP contribution in [0.2, 0.25) is 0 Å². The average molecular weight is 204 g/mol. The number of rotatable bonds is 1. The summed E-state index contributed by atoms with van der Waals surface area (Å²) < 4.78 is 19.9. The van der Waals surface area contributed by atoms with Crippen LogP contribution < -0.4 is 0 Å². The normalized spacial score (nSPS) is 11.2. The SMILES string of the molecule is C=CC(F)(F)I. The predicted octanol–water partition coefficient (Wildman–Crippen LogP) is 2.20. The van der Waals surface area contributed by atoms with Crippen LogP contribution in [-0.4, -0.2) is 3.93 Å². The van der Waals surface area contributed by atoms with Gasteiger partial charge >= 0.3 is 3.93 Å². The summed E-state index contributed by atoms with van der Waals surface area (Å²) >= 11 is 0.989. The molecule has 0 rings (SSSR count). The molecule has 0 saturated carbocycles. The van der Waals surface area contributed by atoms with Gasteiger partial charge in [-0.3, -0.25) is 0 Å². The van der Waals surface area contributed by atoms with Crippen molar-refractivity contribution in [3.05, 3.63) is 12.7 Å². The van der Waals surface area contributed by atoms with Crippen molar-refractivity contribution in [2.45, 2.75) is 3.93 Å². The minimum absolute atomic E-state index is 0.591. The number of hydrogen-bond donors (Lipinski definition) is 0. The first-order valence-corrected chi connectivity index (χ1v) is 2.34. The lowest BCUT2D eigenvalue weighted by Crippen LogP contribution is -1.94. The van der Waals surface area contributed by atoms with Crippen molar-refractivity contribution in [3.63, 3.8) is 0 Å². The van der Waals surface area contributed by atoms with Gasteiger partial charge in [0.1, 0.15) is 0 Å². The largest absolute Gasteiger partial charge is 0.314 e. The maximum atomic E-state index is 11.3. The van der Waals surface area contributed by atoms with Gasteiger partial charge in [0.05, 0.1) is 0 Å². The molecule has 0 bridgehead atoms. The standard InChI is InChI=1S/C3H3F2I/c1-2-3(4,5)6/h2H,1H2. The molecule has 0 fully saturated rings. The Hall–Kier alpha value is 0.330. The van der Waals surface area contributed by atoms with Crippen molar-refractivity contribution < 1.29 is 8.78 Å². The molecule has 0 radical (unpaired) electrons. The van der Waals surface area contributed by atoms with E-state index in [4.69, 9.17) is 0 Å². The molecule has 0 N–H and O–H groups in total. The third-order valence-corrected chi connectivity index (χ3v) is 0.672. The van der Waals surface area contributed by atoms with E-state index in [0.29, 0.717) is 6.08 Å². The Labute approximate surface area is 48.4 Å². The molecule has 0 aliphatic carbocycles. The summed E-state index contributed by atoms with van der Waals surface area (Å²) in [6.45, 7) is 2.87. The van der Waals surface area contributed by atoms with Crippen LogP contribution in [0.25, 0.3) is 0 Å². The number of alkyl halides is 3. The van der Waals surface area contributed by atoms with Crippen LogP contribution in [0, 0.1) is 0 Å². The van der Waals surface area contributed by atoms with E-state index in [-0.39, 0.29) is 0 Å². The van der Waals surface area contributed by atoms with Gasteiger partial charge in [0, 0.05) is 22.6 Å². The summed E-state index contributed by atoms with van der Waals surface area (Å²) in [5, 5.41) is 0. The molecule has 0 atom stereocenters. The number of halogens is 3. The molecule has 3 heteroatoms. The van der Waals surface area contributed by atoms with Crippen LogP contribution in [0.1, 0.15) is 0 Å². The highest BCUT2D eigenvalue weighted by Gasteiger charge is 2.15. The Morgan fingerprint density at radius 2 is 1.83 bits per heavy atom. The Kier molecular flexibility index (Phi) is 1.96. The van der Waals surface area contributed by atoms with Gasteiger partial charge in [0.25, 0.3) is 0 Å². The second-order valence-electron chi connectivity index (χ2n) is 0.746. The van der Waals surface area contributed by atoms with Gasteiger partial charge in [-0.1, -0.05) is 6.58 Å². The second kappa shape index (κ2) is 1.86. The van der Waals surface area contributed by atoms with Gasteiger partial charge < -0.3 is 0 Å². The van der Waals surface area contributed by atoms with Crippen LogP contribution in [0.3, 0.4) is 0 Å². The van der Waals surface area contributed by atoms with Gasteiger partial charge in [-0.15, -0.1) is 0 Å². The number of hydrogen-bond acceptors (Lipinski definition) is 0. The molecule has 0 aliphatic heterocycles. The van der Waals surface area contributed by atoms with E-state index in [0.717, 1.165) is 22.6 Å². The van der Waals surface area contributed by atoms with Gasteiger partial charge in [0.15, 0.2) is 0 Å². The highest BCUT2D eigenvalue weighted by atomic mass is 127. The summed E-state index contributed by atoms with van der Waals surface area (Å²) in [4.78, 5) is 0. The summed E-state index contributed by atoms with van der Waals surface area (Å²) in [6, 6.07) is 0. The first-order chi connectivity index (χ1) is 2.56. The lowest BCUT2D eigenvalue weighted by Gasteiger charge is -1.94. The van der Waals surface area contributed by atoms with E-state index in [9.17, 15) is 8.78 Å². The monoisotopic (exact) mass is 204 g/mol. The molecule has 0 unspecified atom stereocenters. The molecule has 0 amide bonds. The van der Waals surface area contributed by atoms with Crippen LogP contribution in [0.5, 0.6) is 0 Å². The third-order valence-electron chi connectivity index (χ3n) is 0.231. The summed E-state index contributed by atoms with van der Waals surface area (Å²) in [7, 11) is 0. The molecule has 0 aromatic carbocycles. The minimum Gasteiger partial charge on any atom is -0.190 e. The lowest BCUT2D eigenvalue weighted by molar-refractivity contribution is 0.184. The summed E-state index contributed by atoms with van der Waals surface area (Å²) in [5.74, 6) is 0. The molecular formula is C3H3F2I. The average Bonchev–Trinajstić information content (AvgIpc) is 1.35. The first kappa shape index (κ1) is 6.33. The van der Waals surface area contributed by atoms with Crippen molar-refractivity contribution in [2.75, 3.05) is 0 Å². The van der Waals surface area contributed by atoms with Crippen LogP contribution >= 0.6 is 22.6 Å².